The molecule has 0 aliphatic carbocycles. The second-order valence-corrected chi connectivity index (χ2v) is 4.16. The van der Waals surface area contributed by atoms with Crippen LogP contribution in [0.15, 0.2) is 30.3 Å². The molecule has 6 heteroatoms. The van der Waals surface area contributed by atoms with E-state index in [4.69, 9.17) is 15.2 Å². The Labute approximate surface area is 118 Å². The minimum absolute atomic E-state index is 0.0387. The topological polar surface area (TPSA) is 90.6 Å². The Morgan fingerprint density at radius 1 is 1.25 bits per heavy atom. The first kappa shape index (κ1) is 16.0. The molecular weight excluding hydrogens is 260 g/mol. The number of benzene rings is 1. The van der Waals surface area contributed by atoms with Crippen LogP contribution in [0.5, 0.6) is 0 Å². The quantitative estimate of drug-likeness (QED) is 0.732. The number of hydrogen-bond donors (Lipinski definition) is 2. The molecule has 20 heavy (non-hydrogen) atoms. The molecule has 1 aromatic carbocycles. The summed E-state index contributed by atoms with van der Waals surface area (Å²) in [5.41, 5.74) is 6.29. The highest BCUT2D eigenvalue weighted by Crippen LogP contribution is 2.01. The van der Waals surface area contributed by atoms with Crippen molar-refractivity contribution in [2.75, 3.05) is 13.2 Å². The number of carbonyl (C=O) groups is 2. The zero-order chi connectivity index (χ0) is 14.8. The summed E-state index contributed by atoms with van der Waals surface area (Å²) in [6, 6.07) is 8.36. The van der Waals surface area contributed by atoms with Gasteiger partial charge in [0.25, 0.3) is 0 Å². The van der Waals surface area contributed by atoms with Crippen LogP contribution in [0.3, 0.4) is 0 Å². The van der Waals surface area contributed by atoms with Crippen molar-refractivity contribution in [3.8, 4) is 0 Å². The van der Waals surface area contributed by atoms with Crippen LogP contribution in [0, 0.1) is 0 Å². The number of rotatable bonds is 7. The van der Waals surface area contributed by atoms with Gasteiger partial charge in [0.15, 0.2) is 0 Å². The van der Waals surface area contributed by atoms with E-state index in [-0.39, 0.29) is 13.2 Å². The normalized spacial score (nSPS) is 11.5. The molecule has 110 valence electrons. The lowest BCUT2D eigenvalue weighted by Crippen LogP contribution is -2.46. The highest BCUT2D eigenvalue weighted by atomic mass is 16.6. The van der Waals surface area contributed by atoms with Crippen molar-refractivity contribution < 1.29 is 19.1 Å². The predicted octanol–water partition coefficient (Wildman–Crippen LogP) is 1.19. The van der Waals surface area contributed by atoms with Gasteiger partial charge in [0.05, 0.1) is 6.61 Å². The van der Waals surface area contributed by atoms with Gasteiger partial charge in [-0.05, 0) is 12.0 Å². The second-order valence-electron chi connectivity index (χ2n) is 4.16. The van der Waals surface area contributed by atoms with Gasteiger partial charge in [-0.2, -0.15) is 0 Å². The average molecular weight is 280 g/mol. The number of hydrogen-bond acceptors (Lipinski definition) is 5. The largest absolute Gasteiger partial charge is 0.464 e. The van der Waals surface area contributed by atoms with Crippen LogP contribution in [-0.2, 0) is 20.9 Å². The molecule has 0 radical (unpaired) electrons. The fraction of sp³-hybridized carbons (Fsp3) is 0.429. The number of nitrogens with two attached hydrogens (primary N) is 1. The molecule has 0 saturated heterocycles. The van der Waals surface area contributed by atoms with E-state index in [2.05, 4.69) is 5.32 Å². The van der Waals surface area contributed by atoms with E-state index in [9.17, 15) is 9.59 Å². The lowest BCUT2D eigenvalue weighted by molar-refractivity contribution is -0.145. The maximum absolute atomic E-state index is 11.6. The Balaban J connectivity index is 2.37. The predicted molar refractivity (Wildman–Crippen MR) is 73.9 cm³/mol. The van der Waals surface area contributed by atoms with Gasteiger partial charge >= 0.3 is 12.1 Å². The van der Waals surface area contributed by atoms with Gasteiger partial charge in [0.2, 0.25) is 0 Å². The molecule has 1 aromatic rings. The van der Waals surface area contributed by atoms with Gasteiger partial charge in [-0.15, -0.1) is 0 Å². The summed E-state index contributed by atoms with van der Waals surface area (Å²) in [4.78, 5) is 23.1. The minimum Gasteiger partial charge on any atom is -0.464 e. The molecule has 0 bridgehead atoms. The van der Waals surface area contributed by atoms with Crippen LogP contribution in [0.2, 0.25) is 0 Å². The molecule has 0 heterocycles. The number of amides is 1. The summed E-state index contributed by atoms with van der Waals surface area (Å²) in [6.07, 6.45) is 0.0133. The monoisotopic (exact) mass is 280 g/mol. The second kappa shape index (κ2) is 8.92. The number of esters is 1. The molecule has 3 N–H and O–H groups in total. The smallest absolute Gasteiger partial charge is 0.408 e. The fourth-order valence-corrected chi connectivity index (χ4v) is 1.42. The average Bonchev–Trinajstić information content (AvgIpc) is 2.49. The van der Waals surface area contributed by atoms with Crippen LogP contribution in [0.1, 0.15) is 18.9 Å². The Kier molecular flexibility index (Phi) is 7.13. The molecule has 0 aromatic heterocycles. The molecule has 0 saturated carbocycles. The number of ether oxygens (including phenoxy) is 2. The summed E-state index contributed by atoms with van der Waals surface area (Å²) in [7, 11) is 0. The first-order valence-corrected chi connectivity index (χ1v) is 6.51. The van der Waals surface area contributed by atoms with E-state index >= 15 is 0 Å². The third-order valence-electron chi connectivity index (χ3n) is 2.47. The Morgan fingerprint density at radius 2 is 1.95 bits per heavy atom. The zero-order valence-corrected chi connectivity index (χ0v) is 11.5. The van der Waals surface area contributed by atoms with Crippen LogP contribution >= 0.6 is 0 Å². The fourth-order valence-electron chi connectivity index (χ4n) is 1.42. The number of alkyl carbamates (subject to hydrolysis) is 1. The van der Waals surface area contributed by atoms with E-state index in [1.165, 1.54) is 0 Å². The number of carbonyl (C=O) groups excluding carboxylic acids is 2. The molecule has 0 fully saturated rings. The summed E-state index contributed by atoms with van der Waals surface area (Å²) >= 11 is 0. The van der Waals surface area contributed by atoms with Crippen LogP contribution in [-0.4, -0.2) is 31.3 Å². The van der Waals surface area contributed by atoms with Gasteiger partial charge in [0.1, 0.15) is 12.6 Å². The highest BCUT2D eigenvalue weighted by Gasteiger charge is 2.21. The van der Waals surface area contributed by atoms with Gasteiger partial charge in [-0.1, -0.05) is 37.3 Å². The maximum Gasteiger partial charge on any atom is 0.408 e. The summed E-state index contributed by atoms with van der Waals surface area (Å²) in [5, 5.41) is 2.38. The molecule has 1 unspecified atom stereocenters. The van der Waals surface area contributed by atoms with Crippen LogP contribution in [0.4, 0.5) is 4.79 Å². The van der Waals surface area contributed by atoms with Crippen molar-refractivity contribution in [3.63, 3.8) is 0 Å². The summed E-state index contributed by atoms with van der Waals surface area (Å²) in [5.74, 6) is -0.550. The van der Waals surface area contributed by atoms with Gasteiger partial charge in [-0.3, -0.25) is 0 Å². The first-order valence-electron chi connectivity index (χ1n) is 6.51. The molecular formula is C14H20N2O4. The van der Waals surface area contributed by atoms with Crippen LogP contribution in [0.25, 0.3) is 0 Å². The molecule has 6 nitrogen and oxygen atoms in total. The SMILES string of the molecule is CCCOC(=O)C(CN)NC(=O)OCc1ccccc1. The molecule has 0 aliphatic rings. The van der Waals surface area contributed by atoms with E-state index in [0.29, 0.717) is 13.0 Å². The van der Waals surface area contributed by atoms with Crippen molar-refractivity contribution in [1.29, 1.82) is 0 Å². The minimum atomic E-state index is -0.884. The maximum atomic E-state index is 11.6. The standard InChI is InChI=1S/C14H20N2O4/c1-2-8-19-13(17)12(9-15)16-14(18)20-10-11-6-4-3-5-7-11/h3-7,12H,2,8-10,15H2,1H3,(H,16,18). The highest BCUT2D eigenvalue weighted by molar-refractivity contribution is 5.81. The Hall–Kier alpha value is -2.08. The van der Waals surface area contributed by atoms with Crippen molar-refractivity contribution in [2.45, 2.75) is 26.0 Å². The van der Waals surface area contributed by atoms with Crippen molar-refractivity contribution in [3.05, 3.63) is 35.9 Å². The molecule has 0 spiro atoms. The van der Waals surface area contributed by atoms with E-state index in [1.54, 1.807) is 0 Å². The van der Waals surface area contributed by atoms with Crippen molar-refractivity contribution in [2.24, 2.45) is 5.73 Å². The van der Waals surface area contributed by atoms with Gasteiger partial charge < -0.3 is 20.5 Å². The van der Waals surface area contributed by atoms with Crippen molar-refractivity contribution >= 4 is 12.1 Å². The van der Waals surface area contributed by atoms with Gasteiger partial charge in [0, 0.05) is 6.54 Å². The molecule has 0 aliphatic heterocycles. The summed E-state index contributed by atoms with van der Waals surface area (Å²) in [6.45, 7) is 2.28. The number of nitrogens with one attached hydrogen (secondary N) is 1. The van der Waals surface area contributed by atoms with E-state index < -0.39 is 18.1 Å². The first-order chi connectivity index (χ1) is 9.67. The lowest BCUT2D eigenvalue weighted by Gasteiger charge is -2.15. The third kappa shape index (κ3) is 5.71. The van der Waals surface area contributed by atoms with E-state index in [0.717, 1.165) is 5.56 Å². The van der Waals surface area contributed by atoms with Gasteiger partial charge in [-0.25, -0.2) is 9.59 Å². The molecule has 1 rings (SSSR count). The lowest BCUT2D eigenvalue weighted by atomic mass is 10.2. The van der Waals surface area contributed by atoms with Crippen molar-refractivity contribution in [1.82, 2.24) is 5.32 Å². The Morgan fingerprint density at radius 3 is 2.55 bits per heavy atom. The molecule has 1 atom stereocenters. The molecule has 1 amide bonds. The van der Waals surface area contributed by atoms with Crippen LogP contribution < -0.4 is 11.1 Å². The van der Waals surface area contributed by atoms with E-state index in [1.807, 2.05) is 37.3 Å². The Bertz CT molecular complexity index is 422. The zero-order valence-electron chi connectivity index (χ0n) is 11.5. The third-order valence-corrected chi connectivity index (χ3v) is 2.47. The summed E-state index contributed by atoms with van der Waals surface area (Å²) < 4.78 is 9.92.